The van der Waals surface area contributed by atoms with Crippen molar-refractivity contribution in [3.05, 3.63) is 0 Å². The molecule has 0 saturated carbocycles. The zero-order chi connectivity index (χ0) is 16.5. The summed E-state index contributed by atoms with van der Waals surface area (Å²) in [5, 5.41) is 12.2. The van der Waals surface area contributed by atoms with Gasteiger partial charge in [0.15, 0.2) is 0 Å². The minimum absolute atomic E-state index is 0.0674. The van der Waals surface area contributed by atoms with E-state index in [0.717, 1.165) is 12.8 Å². The Hall–Kier alpha value is -0.570. The lowest BCUT2D eigenvalue weighted by atomic mass is 10.0. The topological polar surface area (TPSA) is 49.3 Å². The number of hydrogen-bond acceptors (Lipinski definition) is 2. The van der Waals surface area contributed by atoms with Crippen LogP contribution in [-0.2, 0) is 4.79 Å². The summed E-state index contributed by atoms with van der Waals surface area (Å²) in [5.74, 6) is -0.0674. The molecule has 0 unspecified atom stereocenters. The number of amides is 1. The highest BCUT2D eigenvalue weighted by Crippen LogP contribution is 2.13. The Labute approximate surface area is 138 Å². The van der Waals surface area contributed by atoms with Gasteiger partial charge in [0.2, 0.25) is 5.91 Å². The number of aliphatic hydroxyl groups excluding tert-OH is 1. The van der Waals surface area contributed by atoms with Gasteiger partial charge < -0.3 is 10.4 Å². The van der Waals surface area contributed by atoms with E-state index in [9.17, 15) is 9.90 Å². The van der Waals surface area contributed by atoms with Crippen molar-refractivity contribution in [3.63, 3.8) is 0 Å². The van der Waals surface area contributed by atoms with Crippen LogP contribution in [0, 0.1) is 0 Å². The Kier molecular flexibility index (Phi) is 16.4. The first-order chi connectivity index (χ1) is 10.7. The molecular weight excluding hydrogens is 274 g/mol. The lowest BCUT2D eigenvalue weighted by molar-refractivity contribution is -0.122. The molecule has 0 heterocycles. The Bertz CT molecular complexity index is 244. The standard InChI is InChI=1S/C19H39NO2/c1-3-4-5-6-7-8-9-10-11-12-13-14-15-16-18(21)17-19(22)20-2/h18,21H,3-17H2,1-2H3,(H,20,22)/t18-/m0/s1. The lowest BCUT2D eigenvalue weighted by Crippen LogP contribution is -2.23. The molecule has 0 saturated heterocycles. The van der Waals surface area contributed by atoms with Gasteiger partial charge in [0, 0.05) is 7.05 Å². The molecule has 1 atom stereocenters. The summed E-state index contributed by atoms with van der Waals surface area (Å²) in [7, 11) is 1.61. The number of nitrogens with one attached hydrogen (secondary N) is 1. The molecule has 22 heavy (non-hydrogen) atoms. The maximum Gasteiger partial charge on any atom is 0.222 e. The minimum Gasteiger partial charge on any atom is -0.393 e. The number of aliphatic hydroxyl groups is 1. The van der Waals surface area contributed by atoms with Crippen LogP contribution in [0.15, 0.2) is 0 Å². The lowest BCUT2D eigenvalue weighted by Gasteiger charge is -2.09. The second-order valence-corrected chi connectivity index (χ2v) is 6.56. The van der Waals surface area contributed by atoms with Crippen LogP contribution in [0.3, 0.4) is 0 Å². The molecule has 0 fully saturated rings. The van der Waals surface area contributed by atoms with Crippen molar-refractivity contribution in [1.82, 2.24) is 5.32 Å². The van der Waals surface area contributed by atoms with Crippen molar-refractivity contribution in [2.45, 2.75) is 109 Å². The Morgan fingerprint density at radius 1 is 0.818 bits per heavy atom. The molecule has 2 N–H and O–H groups in total. The van der Waals surface area contributed by atoms with Crippen LogP contribution in [0.4, 0.5) is 0 Å². The number of carbonyl (C=O) groups is 1. The molecule has 0 aromatic rings. The van der Waals surface area contributed by atoms with E-state index in [-0.39, 0.29) is 12.3 Å². The van der Waals surface area contributed by atoms with E-state index in [4.69, 9.17) is 0 Å². The summed E-state index contributed by atoms with van der Waals surface area (Å²) >= 11 is 0. The van der Waals surface area contributed by atoms with Gasteiger partial charge in [-0.15, -0.1) is 0 Å². The molecule has 0 aliphatic rings. The molecule has 0 spiro atoms. The molecule has 0 bridgehead atoms. The van der Waals surface area contributed by atoms with Crippen molar-refractivity contribution < 1.29 is 9.90 Å². The third kappa shape index (κ3) is 15.8. The van der Waals surface area contributed by atoms with Gasteiger partial charge in [-0.2, -0.15) is 0 Å². The van der Waals surface area contributed by atoms with Crippen molar-refractivity contribution in [2.24, 2.45) is 0 Å². The summed E-state index contributed by atoms with van der Waals surface area (Å²) in [6.45, 7) is 2.27. The molecule has 132 valence electrons. The molecule has 0 rings (SSSR count). The average molecular weight is 314 g/mol. The van der Waals surface area contributed by atoms with E-state index in [1.54, 1.807) is 7.05 Å². The molecule has 0 aromatic carbocycles. The van der Waals surface area contributed by atoms with E-state index >= 15 is 0 Å². The van der Waals surface area contributed by atoms with E-state index in [1.165, 1.54) is 77.0 Å². The highest BCUT2D eigenvalue weighted by atomic mass is 16.3. The van der Waals surface area contributed by atoms with Crippen LogP contribution in [0.1, 0.15) is 103 Å². The summed E-state index contributed by atoms with van der Waals surface area (Å²) in [4.78, 5) is 11.1. The second-order valence-electron chi connectivity index (χ2n) is 6.56. The van der Waals surface area contributed by atoms with Crippen LogP contribution < -0.4 is 5.32 Å². The fraction of sp³-hybridized carbons (Fsp3) is 0.947. The van der Waals surface area contributed by atoms with Gasteiger partial charge in [-0.1, -0.05) is 90.4 Å². The quantitative estimate of drug-likeness (QED) is 0.395. The molecular formula is C19H39NO2. The summed E-state index contributed by atoms with van der Waals surface area (Å²) in [6, 6.07) is 0. The Morgan fingerprint density at radius 3 is 1.64 bits per heavy atom. The second kappa shape index (κ2) is 16.8. The Balaban J connectivity index is 3.12. The molecule has 0 aliphatic carbocycles. The fourth-order valence-corrected chi connectivity index (χ4v) is 2.82. The average Bonchev–Trinajstić information content (AvgIpc) is 2.51. The van der Waals surface area contributed by atoms with Crippen LogP contribution >= 0.6 is 0 Å². The van der Waals surface area contributed by atoms with Gasteiger partial charge in [0.05, 0.1) is 12.5 Å². The van der Waals surface area contributed by atoms with Gasteiger partial charge in [-0.05, 0) is 6.42 Å². The van der Waals surface area contributed by atoms with Gasteiger partial charge in [0.25, 0.3) is 0 Å². The van der Waals surface area contributed by atoms with Gasteiger partial charge in [-0.3, -0.25) is 4.79 Å². The number of hydrogen-bond donors (Lipinski definition) is 2. The van der Waals surface area contributed by atoms with Crippen molar-refractivity contribution in [2.75, 3.05) is 7.05 Å². The minimum atomic E-state index is -0.465. The number of rotatable bonds is 16. The summed E-state index contributed by atoms with van der Waals surface area (Å²) in [6.07, 6.45) is 17.9. The maximum absolute atomic E-state index is 11.1. The van der Waals surface area contributed by atoms with Crippen LogP contribution in [0.2, 0.25) is 0 Å². The van der Waals surface area contributed by atoms with Crippen molar-refractivity contribution in [3.8, 4) is 0 Å². The highest BCUT2D eigenvalue weighted by Gasteiger charge is 2.08. The molecule has 1 amide bonds. The molecule has 0 aromatic heterocycles. The van der Waals surface area contributed by atoms with Gasteiger partial charge >= 0.3 is 0 Å². The maximum atomic E-state index is 11.1. The van der Waals surface area contributed by atoms with Crippen LogP contribution in [0.25, 0.3) is 0 Å². The van der Waals surface area contributed by atoms with Crippen molar-refractivity contribution >= 4 is 5.91 Å². The van der Waals surface area contributed by atoms with Crippen molar-refractivity contribution in [1.29, 1.82) is 0 Å². The largest absolute Gasteiger partial charge is 0.393 e. The first-order valence-corrected chi connectivity index (χ1v) is 9.59. The van der Waals surface area contributed by atoms with E-state index in [2.05, 4.69) is 12.2 Å². The highest BCUT2D eigenvalue weighted by molar-refractivity contribution is 5.75. The predicted molar refractivity (Wildman–Crippen MR) is 95.0 cm³/mol. The van der Waals surface area contributed by atoms with E-state index in [0.29, 0.717) is 0 Å². The normalized spacial score (nSPS) is 12.3. The molecule has 0 radical (unpaired) electrons. The first-order valence-electron chi connectivity index (χ1n) is 9.59. The molecule has 3 nitrogen and oxygen atoms in total. The van der Waals surface area contributed by atoms with Crippen LogP contribution in [-0.4, -0.2) is 24.2 Å². The molecule has 3 heteroatoms. The third-order valence-corrected chi connectivity index (χ3v) is 4.34. The monoisotopic (exact) mass is 313 g/mol. The SMILES string of the molecule is CCCCCCCCCCCCCCC[C@H](O)CC(=O)NC. The fourth-order valence-electron chi connectivity index (χ4n) is 2.82. The number of unbranched alkanes of at least 4 members (excludes halogenated alkanes) is 12. The van der Waals surface area contributed by atoms with Gasteiger partial charge in [0.1, 0.15) is 0 Å². The zero-order valence-corrected chi connectivity index (χ0v) is 15.0. The smallest absolute Gasteiger partial charge is 0.222 e. The predicted octanol–water partition coefficient (Wildman–Crippen LogP) is 4.96. The third-order valence-electron chi connectivity index (χ3n) is 4.34. The summed E-state index contributed by atoms with van der Waals surface area (Å²) < 4.78 is 0. The van der Waals surface area contributed by atoms with E-state index < -0.39 is 6.10 Å². The molecule has 0 aliphatic heterocycles. The first kappa shape index (κ1) is 21.4. The van der Waals surface area contributed by atoms with Gasteiger partial charge in [-0.25, -0.2) is 0 Å². The van der Waals surface area contributed by atoms with Crippen LogP contribution in [0.5, 0.6) is 0 Å². The zero-order valence-electron chi connectivity index (χ0n) is 15.0. The number of carbonyl (C=O) groups excluding carboxylic acids is 1. The summed E-state index contributed by atoms with van der Waals surface area (Å²) in [5.41, 5.74) is 0. The Morgan fingerprint density at radius 2 is 1.23 bits per heavy atom. The van der Waals surface area contributed by atoms with E-state index in [1.807, 2.05) is 0 Å².